The molecule has 5 aliphatic carbocycles. The minimum Gasteiger partial charge on any atom is -0.393 e. The largest absolute Gasteiger partial charge is 0.393 e. The normalized spacial score (nSPS) is 61.0. The number of fused-ring (bicyclic) bond motifs is 2. The molecule has 3 N–H and O–H groups in total. The van der Waals surface area contributed by atoms with Crippen molar-refractivity contribution in [3.8, 4) is 0 Å². The van der Waals surface area contributed by atoms with Crippen LogP contribution in [0.3, 0.4) is 0 Å². The Labute approximate surface area is 172 Å². The Morgan fingerprint density at radius 3 is 2.39 bits per heavy atom. The van der Waals surface area contributed by atoms with Gasteiger partial charge in [-0.3, -0.25) is 0 Å². The molecule has 160 valence electrons. The minimum atomic E-state index is -0.140. The van der Waals surface area contributed by atoms with E-state index in [0.29, 0.717) is 28.2 Å². The second kappa shape index (κ2) is 5.98. The predicted octanol–water partition coefficient (Wildman–Crippen LogP) is 4.20. The van der Waals surface area contributed by atoms with E-state index in [2.05, 4.69) is 52.4 Å². The fourth-order valence-electron chi connectivity index (χ4n) is 10.6. The molecule has 0 bridgehead atoms. The Hall–Kier alpha value is -0.120. The highest BCUT2D eigenvalue weighted by atomic mass is 16.3. The number of aliphatic hydroxyl groups is 1. The fourth-order valence-corrected chi connectivity index (χ4v) is 10.6. The Morgan fingerprint density at radius 1 is 0.964 bits per heavy atom. The van der Waals surface area contributed by atoms with E-state index in [9.17, 15) is 5.11 Å². The smallest absolute Gasteiger partial charge is 0.0594 e. The van der Waals surface area contributed by atoms with E-state index in [1.54, 1.807) is 0 Å². The lowest BCUT2D eigenvalue weighted by atomic mass is 9.43. The molecule has 0 saturated heterocycles. The summed E-state index contributed by atoms with van der Waals surface area (Å²) in [6.07, 6.45) is 10.8. The van der Waals surface area contributed by atoms with E-state index in [-0.39, 0.29) is 11.5 Å². The van der Waals surface area contributed by atoms with Crippen LogP contribution in [0, 0.1) is 45.3 Å². The maximum atomic E-state index is 11.2. The zero-order valence-corrected chi connectivity index (χ0v) is 19.1. The first kappa shape index (κ1) is 19.8. The summed E-state index contributed by atoms with van der Waals surface area (Å²) in [6, 6.07) is 1.12. The van der Waals surface area contributed by atoms with Crippen LogP contribution < -0.4 is 10.6 Å². The summed E-state index contributed by atoms with van der Waals surface area (Å²) in [6.45, 7) is 9.98. The highest BCUT2D eigenvalue weighted by molar-refractivity contribution is 5.30. The van der Waals surface area contributed by atoms with Gasteiger partial charge in [-0.1, -0.05) is 20.8 Å². The van der Waals surface area contributed by atoms with Gasteiger partial charge >= 0.3 is 0 Å². The lowest BCUT2D eigenvalue weighted by Crippen LogP contribution is -2.57. The Bertz CT molecular complexity index is 652. The van der Waals surface area contributed by atoms with Crippen LogP contribution >= 0.6 is 0 Å². The van der Waals surface area contributed by atoms with Crippen LogP contribution in [0.25, 0.3) is 0 Å². The number of hydrogen-bond acceptors (Lipinski definition) is 3. The summed E-state index contributed by atoms with van der Waals surface area (Å²) in [7, 11) is 4.24. The van der Waals surface area contributed by atoms with E-state index in [1.165, 1.54) is 44.9 Å². The molecule has 0 heterocycles. The van der Waals surface area contributed by atoms with Gasteiger partial charge < -0.3 is 15.7 Å². The Kier molecular flexibility index (Phi) is 4.23. The zero-order chi connectivity index (χ0) is 20.1. The van der Waals surface area contributed by atoms with Crippen molar-refractivity contribution >= 4 is 0 Å². The second-order valence-electron chi connectivity index (χ2n) is 12.2. The van der Waals surface area contributed by atoms with Gasteiger partial charge in [0, 0.05) is 18.0 Å². The SMILES string of the molecule is CN[C@@H](C)[C@H]1[C@H](O)C[C@@]2(C)[C@@H]3CC[C@H]4[C@@H](C)[C@@H](NC)CC[C@@]45C[C@@]35CC[C@]12C. The van der Waals surface area contributed by atoms with Crippen LogP contribution in [-0.4, -0.2) is 37.4 Å². The van der Waals surface area contributed by atoms with E-state index in [0.717, 1.165) is 30.2 Å². The molecule has 0 radical (unpaired) electrons. The van der Waals surface area contributed by atoms with Crippen LogP contribution in [-0.2, 0) is 0 Å². The molecule has 3 nitrogen and oxygen atoms in total. The van der Waals surface area contributed by atoms with Crippen LogP contribution in [0.1, 0.15) is 79.1 Å². The highest BCUT2D eigenvalue weighted by Gasteiger charge is 2.81. The fraction of sp³-hybridized carbons (Fsp3) is 1.00. The molecule has 11 atom stereocenters. The quantitative estimate of drug-likeness (QED) is 0.679. The molecule has 5 saturated carbocycles. The number of aliphatic hydroxyl groups excluding tert-OH is 1. The molecule has 5 fully saturated rings. The van der Waals surface area contributed by atoms with Crippen molar-refractivity contribution in [1.82, 2.24) is 10.6 Å². The van der Waals surface area contributed by atoms with Crippen LogP contribution in [0.4, 0.5) is 0 Å². The Morgan fingerprint density at radius 2 is 1.71 bits per heavy atom. The standard InChI is InChI=1S/C25H44N2O/c1-15-17-7-8-20-23(4)13-19(28)21(16(2)26-5)22(23,3)11-12-25(20)14-24(17,25)10-9-18(15)27-6/h15-21,26-28H,7-14H2,1-6H3/t15-,16+,17+,18+,19-,20+,21+,22-,23+,24-,25+/m1/s1. The summed E-state index contributed by atoms with van der Waals surface area (Å²) in [5.74, 6) is 2.98. The molecule has 0 aromatic carbocycles. The Balaban J connectivity index is 1.50. The van der Waals surface area contributed by atoms with E-state index < -0.39 is 0 Å². The van der Waals surface area contributed by atoms with Crippen LogP contribution in [0.2, 0.25) is 0 Å². The molecule has 28 heavy (non-hydrogen) atoms. The molecular formula is C25H44N2O. The van der Waals surface area contributed by atoms with Gasteiger partial charge in [-0.2, -0.15) is 0 Å². The maximum Gasteiger partial charge on any atom is 0.0594 e. The second-order valence-corrected chi connectivity index (χ2v) is 12.2. The van der Waals surface area contributed by atoms with Crippen LogP contribution in [0.5, 0.6) is 0 Å². The van der Waals surface area contributed by atoms with Crippen molar-refractivity contribution in [2.24, 2.45) is 45.3 Å². The lowest BCUT2D eigenvalue weighted by Gasteiger charge is -2.62. The first-order chi connectivity index (χ1) is 13.2. The van der Waals surface area contributed by atoms with Crippen LogP contribution in [0.15, 0.2) is 0 Å². The summed E-state index contributed by atoms with van der Waals surface area (Å²) in [4.78, 5) is 0. The predicted molar refractivity (Wildman–Crippen MR) is 115 cm³/mol. The number of nitrogens with one attached hydrogen (secondary N) is 2. The van der Waals surface area contributed by atoms with Gasteiger partial charge in [0.05, 0.1) is 6.10 Å². The molecule has 0 amide bonds. The molecule has 2 spiro atoms. The molecule has 0 aromatic heterocycles. The summed E-state index contributed by atoms with van der Waals surface area (Å²) < 4.78 is 0. The summed E-state index contributed by atoms with van der Waals surface area (Å²) in [5.41, 5.74) is 1.83. The van der Waals surface area contributed by atoms with Crippen molar-refractivity contribution in [2.75, 3.05) is 14.1 Å². The van der Waals surface area contributed by atoms with Gasteiger partial charge in [-0.05, 0) is 112 Å². The topological polar surface area (TPSA) is 44.3 Å². The third-order valence-electron chi connectivity index (χ3n) is 12.1. The molecule has 0 aliphatic heterocycles. The van der Waals surface area contributed by atoms with E-state index in [4.69, 9.17) is 0 Å². The van der Waals surface area contributed by atoms with Crippen molar-refractivity contribution in [2.45, 2.75) is 97.2 Å². The van der Waals surface area contributed by atoms with E-state index >= 15 is 0 Å². The van der Waals surface area contributed by atoms with Gasteiger partial charge in [0.15, 0.2) is 0 Å². The van der Waals surface area contributed by atoms with Gasteiger partial charge in [-0.15, -0.1) is 0 Å². The minimum absolute atomic E-state index is 0.140. The highest BCUT2D eigenvalue weighted by Crippen LogP contribution is 2.88. The summed E-state index contributed by atoms with van der Waals surface area (Å²) >= 11 is 0. The van der Waals surface area contributed by atoms with E-state index in [1.807, 2.05) is 0 Å². The molecule has 3 heteroatoms. The molecule has 5 aliphatic rings. The molecule has 5 rings (SSSR count). The molecule has 0 aromatic rings. The third-order valence-corrected chi connectivity index (χ3v) is 12.1. The average Bonchev–Trinajstić information content (AvgIpc) is 3.27. The monoisotopic (exact) mass is 388 g/mol. The number of rotatable bonds is 3. The average molecular weight is 389 g/mol. The first-order valence-corrected chi connectivity index (χ1v) is 12.2. The third kappa shape index (κ3) is 2.03. The van der Waals surface area contributed by atoms with Crippen molar-refractivity contribution < 1.29 is 5.11 Å². The van der Waals surface area contributed by atoms with Crippen molar-refractivity contribution in [1.29, 1.82) is 0 Å². The number of hydrogen-bond donors (Lipinski definition) is 3. The van der Waals surface area contributed by atoms with Gasteiger partial charge in [0.1, 0.15) is 0 Å². The summed E-state index contributed by atoms with van der Waals surface area (Å²) in [5, 5.41) is 18.4. The van der Waals surface area contributed by atoms with Gasteiger partial charge in [-0.25, -0.2) is 0 Å². The van der Waals surface area contributed by atoms with Gasteiger partial charge in [0.25, 0.3) is 0 Å². The van der Waals surface area contributed by atoms with Crippen molar-refractivity contribution in [3.05, 3.63) is 0 Å². The zero-order valence-electron chi connectivity index (χ0n) is 19.1. The maximum absolute atomic E-state index is 11.2. The lowest BCUT2D eigenvalue weighted by molar-refractivity contribution is -0.132. The molecular weight excluding hydrogens is 344 g/mol. The van der Waals surface area contributed by atoms with Crippen molar-refractivity contribution in [3.63, 3.8) is 0 Å². The molecule has 0 unspecified atom stereocenters. The van der Waals surface area contributed by atoms with Gasteiger partial charge in [0.2, 0.25) is 0 Å². The first-order valence-electron chi connectivity index (χ1n) is 12.2.